The molecule has 5 aromatic rings. The molecule has 6 rings (SSSR count). The number of nitrogens with zero attached hydrogens (tertiary/aromatic N) is 2. The van der Waals surface area contributed by atoms with Crippen molar-refractivity contribution in [2.24, 2.45) is 0 Å². The minimum Gasteiger partial charge on any atom is -0.497 e. The molecule has 1 aromatic heterocycles. The maximum absolute atomic E-state index is 13.4. The summed E-state index contributed by atoms with van der Waals surface area (Å²) in [5, 5.41) is 1.14. The molecule has 10 heteroatoms. The predicted octanol–water partition coefficient (Wildman–Crippen LogP) is 10.0. The number of methoxy groups -OCH3 is 2. The molecule has 0 unspecified atom stereocenters. The zero-order valence-corrected chi connectivity index (χ0v) is 29.6. The fraction of sp³-hybridized carbons (Fsp3) is 0.200. The summed E-state index contributed by atoms with van der Waals surface area (Å²) in [5.74, 6) is 0.787. The lowest BCUT2D eigenvalue weighted by atomic mass is 9.91. The van der Waals surface area contributed by atoms with E-state index >= 15 is 0 Å². The largest absolute Gasteiger partial charge is 0.497 e. The molecule has 258 valence electrons. The van der Waals surface area contributed by atoms with E-state index in [4.69, 9.17) is 32.7 Å². The molecule has 0 fully saturated rings. The number of hydrogen-bond donors (Lipinski definition) is 0. The number of amides is 1. The highest BCUT2D eigenvalue weighted by molar-refractivity contribution is 6.33. The van der Waals surface area contributed by atoms with Crippen LogP contribution in [0.2, 0.25) is 10.0 Å². The minimum atomic E-state index is -0.328. The smallest absolute Gasteiger partial charge is 0.251 e. The van der Waals surface area contributed by atoms with Crippen molar-refractivity contribution >= 4 is 40.4 Å². The van der Waals surface area contributed by atoms with Gasteiger partial charge in [0.2, 0.25) is 5.91 Å². The molecule has 2 heterocycles. The number of hydrogen-bond acceptors (Lipinski definition) is 4. The SMILES string of the molecule is CCN1C(=O)CCC(c2cc(OC)ccc2Cl)=C1c1ccc(F)cc1.CCn1c(-c2ccc(F)cc2)c(-c2cc(OC)ccc2Cl)ccc1=O. The van der Waals surface area contributed by atoms with E-state index in [2.05, 4.69) is 0 Å². The highest BCUT2D eigenvalue weighted by Crippen LogP contribution is 2.41. The number of aromatic nitrogens is 1. The molecule has 1 amide bonds. The van der Waals surface area contributed by atoms with Crippen LogP contribution in [-0.4, -0.2) is 36.1 Å². The normalized spacial score (nSPS) is 12.8. The Hall–Kier alpha value is -4.92. The summed E-state index contributed by atoms with van der Waals surface area (Å²) in [5.41, 5.74) is 6.26. The van der Waals surface area contributed by atoms with E-state index in [1.54, 1.807) is 78.3 Å². The van der Waals surface area contributed by atoms with E-state index in [1.165, 1.54) is 30.3 Å². The average molecular weight is 718 g/mol. The van der Waals surface area contributed by atoms with Crippen molar-refractivity contribution in [3.05, 3.63) is 140 Å². The summed E-state index contributed by atoms with van der Waals surface area (Å²) in [4.78, 5) is 26.5. The lowest BCUT2D eigenvalue weighted by molar-refractivity contribution is -0.128. The number of carbonyl (C=O) groups is 1. The van der Waals surface area contributed by atoms with Gasteiger partial charge in [-0.05, 0) is 128 Å². The maximum Gasteiger partial charge on any atom is 0.251 e. The van der Waals surface area contributed by atoms with Crippen molar-refractivity contribution < 1.29 is 23.0 Å². The molecule has 1 aliphatic rings. The summed E-state index contributed by atoms with van der Waals surface area (Å²) < 4.78 is 39.0. The van der Waals surface area contributed by atoms with Crippen molar-refractivity contribution in [3.63, 3.8) is 0 Å². The number of pyridine rings is 1. The van der Waals surface area contributed by atoms with E-state index in [0.29, 0.717) is 53.2 Å². The first-order valence-corrected chi connectivity index (χ1v) is 16.8. The van der Waals surface area contributed by atoms with Gasteiger partial charge in [-0.3, -0.25) is 9.59 Å². The second kappa shape index (κ2) is 16.2. The van der Waals surface area contributed by atoms with Gasteiger partial charge >= 0.3 is 0 Å². The van der Waals surface area contributed by atoms with E-state index in [0.717, 1.165) is 39.1 Å². The van der Waals surface area contributed by atoms with Crippen LogP contribution in [0, 0.1) is 11.6 Å². The van der Waals surface area contributed by atoms with Gasteiger partial charge in [0.1, 0.15) is 23.1 Å². The summed E-state index contributed by atoms with van der Waals surface area (Å²) in [6.45, 7) is 4.85. The summed E-state index contributed by atoms with van der Waals surface area (Å²) >= 11 is 12.8. The van der Waals surface area contributed by atoms with Gasteiger partial charge in [-0.25, -0.2) is 8.78 Å². The molecule has 0 aliphatic carbocycles. The zero-order valence-electron chi connectivity index (χ0n) is 28.1. The third-order valence-electron chi connectivity index (χ3n) is 8.46. The molecule has 0 saturated carbocycles. The van der Waals surface area contributed by atoms with Crippen molar-refractivity contribution in [2.75, 3.05) is 20.8 Å². The molecule has 1 aliphatic heterocycles. The van der Waals surface area contributed by atoms with Gasteiger partial charge < -0.3 is 18.9 Å². The number of ether oxygens (including phenoxy) is 2. The van der Waals surface area contributed by atoms with Crippen LogP contribution in [0.25, 0.3) is 33.7 Å². The zero-order chi connectivity index (χ0) is 35.9. The van der Waals surface area contributed by atoms with Gasteiger partial charge in [-0.15, -0.1) is 0 Å². The van der Waals surface area contributed by atoms with Crippen LogP contribution in [0.5, 0.6) is 11.5 Å². The molecule has 0 atom stereocenters. The van der Waals surface area contributed by atoms with Gasteiger partial charge in [0.05, 0.1) is 25.6 Å². The number of benzene rings is 4. The number of rotatable bonds is 8. The van der Waals surface area contributed by atoms with Crippen molar-refractivity contribution in [3.8, 4) is 33.9 Å². The second-order valence-corrected chi connectivity index (χ2v) is 12.2. The first-order chi connectivity index (χ1) is 24.1. The minimum absolute atomic E-state index is 0.0598. The van der Waals surface area contributed by atoms with Gasteiger partial charge in [-0.2, -0.15) is 0 Å². The molecule has 6 nitrogen and oxygen atoms in total. The van der Waals surface area contributed by atoms with Gasteiger partial charge in [0.25, 0.3) is 5.56 Å². The average Bonchev–Trinajstić information content (AvgIpc) is 3.13. The third-order valence-corrected chi connectivity index (χ3v) is 9.12. The lowest BCUT2D eigenvalue weighted by Gasteiger charge is -2.32. The predicted molar refractivity (Wildman–Crippen MR) is 197 cm³/mol. The second-order valence-electron chi connectivity index (χ2n) is 11.3. The van der Waals surface area contributed by atoms with Crippen molar-refractivity contribution in [1.82, 2.24) is 9.47 Å². The molecule has 0 bridgehead atoms. The topological polar surface area (TPSA) is 60.8 Å². The molecule has 0 saturated heterocycles. The van der Waals surface area contributed by atoms with Crippen LogP contribution >= 0.6 is 23.2 Å². The molecular formula is C40H36Cl2F2N2O4. The summed E-state index contributed by atoms with van der Waals surface area (Å²) in [6, 6.07) is 26.4. The number of allylic oxidation sites excluding steroid dienone is 1. The van der Waals surface area contributed by atoms with Crippen LogP contribution in [0.1, 0.15) is 37.8 Å². The Kier molecular flexibility index (Phi) is 11.8. The monoisotopic (exact) mass is 716 g/mol. The van der Waals surface area contributed by atoms with Crippen LogP contribution in [-0.2, 0) is 11.3 Å². The standard InChI is InChI=1S/C20H19ClFNO2.C20H17ClFNO2/c2*1-3-23-19(24)11-9-16(17-12-15(25-2)8-10-18(17)21)20(23)13-4-6-14(22)7-5-13/h4-8,10,12H,3,9,11H2,1-2H3;4-12H,3H2,1-2H3. The van der Waals surface area contributed by atoms with Crippen LogP contribution < -0.4 is 15.0 Å². The third kappa shape index (κ3) is 7.77. The fourth-order valence-electron chi connectivity index (χ4n) is 6.04. The Morgan fingerprint density at radius 3 is 1.72 bits per heavy atom. The molecule has 0 radical (unpaired) electrons. The van der Waals surface area contributed by atoms with Crippen LogP contribution in [0.15, 0.2) is 102 Å². The lowest BCUT2D eigenvalue weighted by Crippen LogP contribution is -2.33. The Balaban J connectivity index is 0.000000194. The maximum atomic E-state index is 13.4. The van der Waals surface area contributed by atoms with Gasteiger partial charge in [0, 0.05) is 52.3 Å². The molecule has 4 aromatic carbocycles. The molecule has 50 heavy (non-hydrogen) atoms. The highest BCUT2D eigenvalue weighted by Gasteiger charge is 2.28. The highest BCUT2D eigenvalue weighted by atomic mass is 35.5. The van der Waals surface area contributed by atoms with Gasteiger partial charge in [-0.1, -0.05) is 23.2 Å². The van der Waals surface area contributed by atoms with Gasteiger partial charge in [0.15, 0.2) is 0 Å². The number of carbonyl (C=O) groups excluding carboxylic acids is 1. The number of halogens is 4. The molecular weight excluding hydrogens is 681 g/mol. The van der Waals surface area contributed by atoms with E-state index in [-0.39, 0.29) is 23.1 Å². The van der Waals surface area contributed by atoms with Crippen LogP contribution in [0.3, 0.4) is 0 Å². The summed E-state index contributed by atoms with van der Waals surface area (Å²) in [7, 11) is 3.19. The van der Waals surface area contributed by atoms with Crippen LogP contribution in [0.4, 0.5) is 8.78 Å². The van der Waals surface area contributed by atoms with E-state index in [9.17, 15) is 18.4 Å². The fourth-order valence-corrected chi connectivity index (χ4v) is 6.49. The Bertz CT molecular complexity index is 2100. The van der Waals surface area contributed by atoms with E-state index < -0.39 is 0 Å². The quantitative estimate of drug-likeness (QED) is 0.160. The molecule has 0 N–H and O–H groups in total. The van der Waals surface area contributed by atoms with Crippen molar-refractivity contribution in [2.45, 2.75) is 33.2 Å². The Morgan fingerprint density at radius 1 is 0.640 bits per heavy atom. The Labute approximate surface area is 300 Å². The first-order valence-electron chi connectivity index (χ1n) is 16.1. The molecule has 0 spiro atoms. The Morgan fingerprint density at radius 2 is 1.18 bits per heavy atom. The first kappa shape index (κ1) is 36.4. The van der Waals surface area contributed by atoms with E-state index in [1.807, 2.05) is 26.0 Å². The van der Waals surface area contributed by atoms with Crippen molar-refractivity contribution in [1.29, 1.82) is 0 Å². The summed E-state index contributed by atoms with van der Waals surface area (Å²) in [6.07, 6.45) is 0.996.